The van der Waals surface area contributed by atoms with Crippen LogP contribution in [0.3, 0.4) is 0 Å². The molecule has 42 valence electrons. The van der Waals surface area contributed by atoms with Gasteiger partial charge in [0.15, 0.2) is 0 Å². The second-order valence-corrected chi connectivity index (χ2v) is 2.01. The molecule has 0 spiro atoms. The van der Waals surface area contributed by atoms with Crippen LogP contribution in [0.25, 0.3) is 0 Å². The van der Waals surface area contributed by atoms with Crippen LogP contribution in [0, 0.1) is 0 Å². The summed E-state index contributed by atoms with van der Waals surface area (Å²) in [6.45, 7) is 2.75. The van der Waals surface area contributed by atoms with Crippen molar-refractivity contribution >= 4 is 5.97 Å². The van der Waals surface area contributed by atoms with Crippen molar-refractivity contribution in [2.24, 2.45) is 5.73 Å². The Balaban J connectivity index is 3.79. The molecule has 0 amide bonds. The molecule has 0 atom stereocenters. The first-order chi connectivity index (χ1) is 2.94. The second-order valence-electron chi connectivity index (χ2n) is 2.01. The van der Waals surface area contributed by atoms with E-state index in [9.17, 15) is 9.90 Å². The van der Waals surface area contributed by atoms with Crippen molar-refractivity contribution in [1.82, 2.24) is 0 Å². The van der Waals surface area contributed by atoms with Crippen LogP contribution in [0.15, 0.2) is 0 Å². The topological polar surface area (TPSA) is 66.2 Å². The third-order valence-electron chi connectivity index (χ3n) is 0.526. The van der Waals surface area contributed by atoms with E-state index < -0.39 is 11.5 Å². The van der Waals surface area contributed by atoms with E-state index in [2.05, 4.69) is 0 Å². The number of hydrogen-bond acceptors (Lipinski definition) is 3. The summed E-state index contributed by atoms with van der Waals surface area (Å²) < 4.78 is 0. The van der Waals surface area contributed by atoms with E-state index in [1.807, 2.05) is 0 Å². The van der Waals surface area contributed by atoms with Gasteiger partial charge in [-0.2, -0.15) is 0 Å². The van der Waals surface area contributed by atoms with Gasteiger partial charge in [-0.25, -0.2) is 0 Å². The summed E-state index contributed by atoms with van der Waals surface area (Å²) in [5.74, 6) is -1.23. The highest BCUT2D eigenvalue weighted by Gasteiger charge is 2.09. The van der Waals surface area contributed by atoms with Gasteiger partial charge in [0.25, 0.3) is 0 Å². The highest BCUT2D eigenvalue weighted by molar-refractivity contribution is 5.74. The molecule has 0 aliphatic carbocycles. The van der Waals surface area contributed by atoms with Gasteiger partial charge in [-0.05, 0) is 13.8 Å². The summed E-state index contributed by atoms with van der Waals surface area (Å²) in [4.78, 5) is 9.78. The van der Waals surface area contributed by atoms with E-state index in [4.69, 9.17) is 5.73 Å². The van der Waals surface area contributed by atoms with Crippen LogP contribution in [0.2, 0.25) is 0 Å². The lowest BCUT2D eigenvalue weighted by molar-refractivity contribution is -0.311. The van der Waals surface area contributed by atoms with Crippen molar-refractivity contribution in [2.45, 2.75) is 19.4 Å². The van der Waals surface area contributed by atoms with Gasteiger partial charge in [-0.1, -0.05) is 0 Å². The van der Waals surface area contributed by atoms with Crippen LogP contribution in [-0.4, -0.2) is 11.5 Å². The summed E-state index contributed by atoms with van der Waals surface area (Å²) in [5.41, 5.74) is 3.82. The minimum atomic E-state index is -1.23. The first-order valence-electron chi connectivity index (χ1n) is 1.95. The van der Waals surface area contributed by atoms with Crippen molar-refractivity contribution in [3.05, 3.63) is 0 Å². The molecule has 0 saturated heterocycles. The summed E-state index contributed by atoms with van der Waals surface area (Å²) in [5, 5.41) is 9.78. The van der Waals surface area contributed by atoms with Crippen LogP contribution >= 0.6 is 0 Å². The quantitative estimate of drug-likeness (QED) is 0.437. The fourth-order valence-electron chi connectivity index (χ4n) is 0. The third kappa shape index (κ3) is 2.17. The molecule has 0 saturated carbocycles. The van der Waals surface area contributed by atoms with Gasteiger partial charge >= 0.3 is 0 Å². The van der Waals surface area contributed by atoms with Crippen molar-refractivity contribution in [3.8, 4) is 0 Å². The molecule has 0 bridgehead atoms. The molecular weight excluding hydrogens is 94.0 g/mol. The maximum atomic E-state index is 9.78. The number of carboxylic acids is 1. The lowest BCUT2D eigenvalue weighted by atomic mass is 10.1. The zero-order valence-corrected chi connectivity index (χ0v) is 4.39. The number of aliphatic carboxylic acids is 1. The van der Waals surface area contributed by atoms with Gasteiger partial charge in [0, 0.05) is 5.54 Å². The predicted molar refractivity (Wildman–Crippen MR) is 23.3 cm³/mol. The summed E-state index contributed by atoms with van der Waals surface area (Å²) in [6, 6.07) is 0. The van der Waals surface area contributed by atoms with Crippen molar-refractivity contribution < 1.29 is 9.90 Å². The summed E-state index contributed by atoms with van der Waals surface area (Å²) in [7, 11) is 0. The molecule has 0 aromatic heterocycles. The van der Waals surface area contributed by atoms with Gasteiger partial charge in [0.05, 0.1) is 5.97 Å². The maximum Gasteiger partial charge on any atom is 0.0608 e. The monoisotopic (exact) mass is 102 g/mol. The average molecular weight is 102 g/mol. The van der Waals surface area contributed by atoms with Gasteiger partial charge in [-0.15, -0.1) is 0 Å². The molecular formula is C4H8NO2-. The second kappa shape index (κ2) is 1.50. The zero-order valence-electron chi connectivity index (χ0n) is 4.39. The van der Waals surface area contributed by atoms with Crippen LogP contribution in [0.5, 0.6) is 0 Å². The normalized spacial score (nSPS) is 11.3. The molecule has 0 aliphatic heterocycles. The Morgan fingerprint density at radius 2 is 1.86 bits per heavy atom. The first-order valence-corrected chi connectivity index (χ1v) is 1.95. The number of hydrogen-bond donors (Lipinski definition) is 1. The lowest BCUT2D eigenvalue weighted by Crippen LogP contribution is -2.50. The van der Waals surface area contributed by atoms with E-state index in [1.54, 1.807) is 0 Å². The standard InChI is InChI=1S/C4H9NO2/c1-4(2,5)3(6)7/h5H2,1-2H3,(H,6,7)/p-1. The number of carboxylic acid groups (broad SMARTS) is 1. The van der Waals surface area contributed by atoms with Crippen molar-refractivity contribution in [2.75, 3.05) is 0 Å². The molecule has 0 radical (unpaired) electrons. The predicted octanol–water partition coefficient (Wildman–Crippen LogP) is -1.53. The Morgan fingerprint density at radius 3 is 1.86 bits per heavy atom. The SMILES string of the molecule is CC(C)(N)C(=O)[O-]. The summed E-state index contributed by atoms with van der Waals surface area (Å²) >= 11 is 0. The Kier molecular flexibility index (Phi) is 1.38. The molecule has 0 aromatic carbocycles. The number of rotatable bonds is 1. The summed E-state index contributed by atoms with van der Waals surface area (Å²) in [6.07, 6.45) is 0. The molecule has 3 nitrogen and oxygen atoms in total. The molecule has 0 heterocycles. The average Bonchev–Trinajstić information content (AvgIpc) is 1.31. The first kappa shape index (κ1) is 6.43. The Labute approximate surface area is 42.1 Å². The molecule has 0 unspecified atom stereocenters. The van der Waals surface area contributed by atoms with E-state index in [0.717, 1.165) is 0 Å². The van der Waals surface area contributed by atoms with E-state index in [-0.39, 0.29) is 0 Å². The Hall–Kier alpha value is -0.570. The van der Waals surface area contributed by atoms with Crippen LogP contribution in [-0.2, 0) is 4.79 Å². The van der Waals surface area contributed by atoms with E-state index in [1.165, 1.54) is 13.8 Å². The molecule has 0 aromatic rings. The van der Waals surface area contributed by atoms with Crippen molar-refractivity contribution in [1.29, 1.82) is 0 Å². The number of carbonyl (C=O) groups excluding carboxylic acids is 1. The molecule has 7 heavy (non-hydrogen) atoms. The van der Waals surface area contributed by atoms with Crippen LogP contribution in [0.1, 0.15) is 13.8 Å². The highest BCUT2D eigenvalue weighted by atomic mass is 16.4. The van der Waals surface area contributed by atoms with E-state index in [0.29, 0.717) is 0 Å². The molecule has 0 aliphatic rings. The fraction of sp³-hybridized carbons (Fsp3) is 0.750. The number of nitrogens with two attached hydrogens (primary N) is 1. The minimum absolute atomic E-state index is 1.19. The molecule has 2 N–H and O–H groups in total. The van der Waals surface area contributed by atoms with E-state index >= 15 is 0 Å². The largest absolute Gasteiger partial charge is 0.548 e. The Morgan fingerprint density at radius 1 is 1.71 bits per heavy atom. The molecule has 0 rings (SSSR count). The molecule has 0 fully saturated rings. The fourth-order valence-corrected chi connectivity index (χ4v) is 0. The van der Waals surface area contributed by atoms with Crippen LogP contribution in [0.4, 0.5) is 0 Å². The third-order valence-corrected chi connectivity index (χ3v) is 0.526. The zero-order chi connectivity index (χ0) is 6.08. The van der Waals surface area contributed by atoms with Crippen LogP contribution < -0.4 is 10.8 Å². The molecule has 3 heteroatoms. The van der Waals surface area contributed by atoms with Gasteiger partial charge in [-0.3, -0.25) is 0 Å². The van der Waals surface area contributed by atoms with Gasteiger partial charge < -0.3 is 15.6 Å². The van der Waals surface area contributed by atoms with Gasteiger partial charge in [0.2, 0.25) is 0 Å². The number of carbonyl (C=O) groups is 1. The maximum absolute atomic E-state index is 9.78. The van der Waals surface area contributed by atoms with Gasteiger partial charge in [0.1, 0.15) is 0 Å². The van der Waals surface area contributed by atoms with Crippen molar-refractivity contribution in [3.63, 3.8) is 0 Å². The lowest BCUT2D eigenvalue weighted by Gasteiger charge is -2.18. The Bertz CT molecular complexity index is 82.2. The smallest absolute Gasteiger partial charge is 0.0608 e. The minimum Gasteiger partial charge on any atom is -0.548 e. The highest BCUT2D eigenvalue weighted by Crippen LogP contribution is 1.90.